The highest BCUT2D eigenvalue weighted by molar-refractivity contribution is 6.31. The van der Waals surface area contributed by atoms with Crippen molar-refractivity contribution in [3.63, 3.8) is 0 Å². The number of aromatic nitrogens is 1. The third-order valence-corrected chi connectivity index (χ3v) is 6.45. The van der Waals surface area contributed by atoms with Crippen LogP contribution in [0.15, 0.2) is 34.9 Å². The molecular weight excluding hydrogens is 374 g/mol. The monoisotopic (exact) mass is 401 g/mol. The van der Waals surface area contributed by atoms with E-state index < -0.39 is 0 Å². The normalized spacial score (nSPS) is 21.8. The number of rotatable bonds is 4. The average molecular weight is 402 g/mol. The number of hydrogen-bond acceptors (Lipinski definition) is 4. The van der Waals surface area contributed by atoms with E-state index in [9.17, 15) is 4.79 Å². The molecule has 0 unspecified atom stereocenters. The molecule has 6 heteroatoms. The first-order chi connectivity index (χ1) is 13.6. The van der Waals surface area contributed by atoms with Gasteiger partial charge in [-0.1, -0.05) is 41.9 Å². The maximum Gasteiger partial charge on any atom is 0.292 e. The Bertz CT molecular complexity index is 814. The van der Waals surface area contributed by atoms with E-state index in [4.69, 9.17) is 16.1 Å². The lowest BCUT2D eigenvalue weighted by Gasteiger charge is -2.32. The molecule has 2 saturated heterocycles. The SMILES string of the molecule is CC1CCN(C(=O)c2cc([C@H]3CCCN(Cc4ccccc4Cl)C3)no2)CC1. The molecule has 5 nitrogen and oxygen atoms in total. The summed E-state index contributed by atoms with van der Waals surface area (Å²) in [5, 5.41) is 5.07. The maximum atomic E-state index is 12.7. The first kappa shape index (κ1) is 19.5. The molecule has 1 aromatic heterocycles. The van der Waals surface area contributed by atoms with Crippen LogP contribution in [0.4, 0.5) is 0 Å². The Morgan fingerprint density at radius 3 is 2.79 bits per heavy atom. The van der Waals surface area contributed by atoms with Crippen molar-refractivity contribution in [3.8, 4) is 0 Å². The molecule has 0 bridgehead atoms. The van der Waals surface area contributed by atoms with Gasteiger partial charge in [0.15, 0.2) is 0 Å². The lowest BCUT2D eigenvalue weighted by atomic mass is 9.94. The third kappa shape index (κ3) is 4.41. The summed E-state index contributed by atoms with van der Waals surface area (Å²) in [5.74, 6) is 1.35. The molecule has 28 heavy (non-hydrogen) atoms. The van der Waals surface area contributed by atoms with Crippen LogP contribution in [-0.4, -0.2) is 47.0 Å². The summed E-state index contributed by atoms with van der Waals surface area (Å²) in [5.41, 5.74) is 2.05. The van der Waals surface area contributed by atoms with Crippen molar-refractivity contribution in [2.75, 3.05) is 26.2 Å². The predicted molar refractivity (Wildman–Crippen MR) is 110 cm³/mol. The lowest BCUT2D eigenvalue weighted by molar-refractivity contribution is 0.0655. The molecule has 4 rings (SSSR count). The highest BCUT2D eigenvalue weighted by atomic mass is 35.5. The molecule has 2 fully saturated rings. The molecular formula is C22H28ClN3O2. The molecule has 0 saturated carbocycles. The second-order valence-electron chi connectivity index (χ2n) is 8.26. The highest BCUT2D eigenvalue weighted by Gasteiger charge is 2.28. The first-order valence-electron chi connectivity index (χ1n) is 10.3. The number of nitrogens with zero attached hydrogens (tertiary/aromatic N) is 3. The van der Waals surface area contributed by atoms with Crippen LogP contribution in [0, 0.1) is 5.92 Å². The minimum absolute atomic E-state index is 0.0191. The summed E-state index contributed by atoms with van der Waals surface area (Å²) in [6.45, 7) is 6.66. The van der Waals surface area contributed by atoms with Crippen molar-refractivity contribution in [1.82, 2.24) is 15.0 Å². The van der Waals surface area contributed by atoms with E-state index in [1.54, 1.807) is 0 Å². The van der Waals surface area contributed by atoms with Crippen LogP contribution in [0.2, 0.25) is 5.02 Å². The van der Waals surface area contributed by atoms with E-state index in [1.165, 1.54) is 0 Å². The molecule has 3 heterocycles. The summed E-state index contributed by atoms with van der Waals surface area (Å²) in [6, 6.07) is 9.87. The molecule has 0 N–H and O–H groups in total. The number of amides is 1. The number of halogens is 1. The number of carbonyl (C=O) groups is 1. The first-order valence-corrected chi connectivity index (χ1v) is 10.7. The molecule has 0 aliphatic carbocycles. The number of benzene rings is 1. The van der Waals surface area contributed by atoms with Crippen LogP contribution in [0.25, 0.3) is 0 Å². The van der Waals surface area contributed by atoms with Crippen molar-refractivity contribution in [2.24, 2.45) is 5.92 Å². The van der Waals surface area contributed by atoms with Gasteiger partial charge >= 0.3 is 0 Å². The van der Waals surface area contributed by atoms with Crippen molar-refractivity contribution < 1.29 is 9.32 Å². The summed E-state index contributed by atoms with van der Waals surface area (Å²) >= 11 is 6.32. The topological polar surface area (TPSA) is 49.6 Å². The van der Waals surface area contributed by atoms with Crippen LogP contribution in [0.3, 0.4) is 0 Å². The molecule has 2 aliphatic rings. The van der Waals surface area contributed by atoms with Crippen LogP contribution in [0.1, 0.15) is 60.3 Å². The molecule has 2 aromatic rings. The zero-order valence-electron chi connectivity index (χ0n) is 16.4. The Kier molecular flexibility index (Phi) is 6.02. The smallest absolute Gasteiger partial charge is 0.292 e. The Balaban J connectivity index is 1.39. The van der Waals surface area contributed by atoms with Gasteiger partial charge in [-0.05, 0) is 49.8 Å². The maximum absolute atomic E-state index is 12.7. The van der Waals surface area contributed by atoms with E-state index in [-0.39, 0.29) is 5.91 Å². The summed E-state index contributed by atoms with van der Waals surface area (Å²) in [7, 11) is 0. The third-order valence-electron chi connectivity index (χ3n) is 6.09. The van der Waals surface area contributed by atoms with Gasteiger partial charge in [-0.25, -0.2) is 0 Å². The van der Waals surface area contributed by atoms with E-state index >= 15 is 0 Å². The lowest BCUT2D eigenvalue weighted by Crippen LogP contribution is -2.37. The molecule has 150 valence electrons. The minimum atomic E-state index is -0.0191. The zero-order valence-corrected chi connectivity index (χ0v) is 17.2. The summed E-state index contributed by atoms with van der Waals surface area (Å²) < 4.78 is 5.45. The fourth-order valence-electron chi connectivity index (χ4n) is 4.26. The van der Waals surface area contributed by atoms with Crippen molar-refractivity contribution >= 4 is 17.5 Å². The number of carbonyl (C=O) groups excluding carboxylic acids is 1. The van der Waals surface area contributed by atoms with Crippen molar-refractivity contribution in [3.05, 3.63) is 52.4 Å². The number of likely N-dealkylation sites (tertiary alicyclic amines) is 2. The summed E-state index contributed by atoms with van der Waals surface area (Å²) in [6.07, 6.45) is 4.30. The van der Waals surface area contributed by atoms with Gasteiger partial charge in [0, 0.05) is 43.2 Å². The Morgan fingerprint density at radius 2 is 2.00 bits per heavy atom. The second kappa shape index (κ2) is 8.66. The zero-order chi connectivity index (χ0) is 19.5. The van der Waals surface area contributed by atoms with Crippen LogP contribution in [-0.2, 0) is 6.54 Å². The van der Waals surface area contributed by atoms with E-state index in [0.717, 1.165) is 74.7 Å². The number of piperidine rings is 2. The Labute approximate surface area is 171 Å². The van der Waals surface area contributed by atoms with Crippen LogP contribution >= 0.6 is 11.6 Å². The standard InChI is InChI=1S/C22H28ClN3O2/c1-16-8-11-26(12-9-16)22(27)21-13-20(24-28-21)18-6-4-10-25(15-18)14-17-5-2-3-7-19(17)23/h2-3,5,7,13,16,18H,4,6,8-12,14-15H2,1H3/t18-/m0/s1. The Morgan fingerprint density at radius 1 is 1.21 bits per heavy atom. The van der Waals surface area contributed by atoms with E-state index in [1.807, 2.05) is 29.2 Å². The molecule has 1 atom stereocenters. The van der Waals surface area contributed by atoms with Crippen molar-refractivity contribution in [1.29, 1.82) is 0 Å². The fourth-order valence-corrected chi connectivity index (χ4v) is 4.45. The van der Waals surface area contributed by atoms with Crippen molar-refractivity contribution in [2.45, 2.75) is 45.1 Å². The van der Waals surface area contributed by atoms with Gasteiger partial charge in [0.2, 0.25) is 5.76 Å². The van der Waals surface area contributed by atoms with Gasteiger partial charge in [0.25, 0.3) is 5.91 Å². The molecule has 1 amide bonds. The van der Waals surface area contributed by atoms with Gasteiger partial charge in [-0.15, -0.1) is 0 Å². The van der Waals surface area contributed by atoms with E-state index in [2.05, 4.69) is 23.0 Å². The second-order valence-corrected chi connectivity index (χ2v) is 8.66. The van der Waals surface area contributed by atoms with Gasteiger partial charge in [-0.3, -0.25) is 9.69 Å². The van der Waals surface area contributed by atoms with Gasteiger partial charge in [-0.2, -0.15) is 0 Å². The molecule has 2 aliphatic heterocycles. The predicted octanol–water partition coefficient (Wildman–Crippen LogP) is 4.58. The minimum Gasteiger partial charge on any atom is -0.351 e. The largest absolute Gasteiger partial charge is 0.351 e. The van der Waals surface area contributed by atoms with E-state index in [0.29, 0.717) is 17.6 Å². The highest BCUT2D eigenvalue weighted by Crippen LogP contribution is 2.29. The molecule has 0 radical (unpaired) electrons. The van der Waals surface area contributed by atoms with Crippen LogP contribution in [0.5, 0.6) is 0 Å². The average Bonchev–Trinajstić information content (AvgIpc) is 3.20. The molecule has 1 aromatic carbocycles. The fraction of sp³-hybridized carbons (Fsp3) is 0.545. The number of hydrogen-bond donors (Lipinski definition) is 0. The van der Waals surface area contributed by atoms with Gasteiger partial charge < -0.3 is 9.42 Å². The van der Waals surface area contributed by atoms with Crippen LogP contribution < -0.4 is 0 Å². The summed E-state index contributed by atoms with van der Waals surface area (Å²) in [4.78, 5) is 17.0. The van der Waals surface area contributed by atoms with Gasteiger partial charge in [0.05, 0.1) is 5.69 Å². The van der Waals surface area contributed by atoms with Gasteiger partial charge in [0.1, 0.15) is 0 Å². The molecule has 0 spiro atoms. The Hall–Kier alpha value is -1.85. The quantitative estimate of drug-likeness (QED) is 0.752.